The number of aryl methyl sites for hydroxylation is 2. The second-order valence-electron chi connectivity index (χ2n) is 15.9. The van der Waals surface area contributed by atoms with Crippen molar-refractivity contribution in [2.75, 3.05) is 28.7 Å². The van der Waals surface area contributed by atoms with Crippen molar-refractivity contribution in [2.24, 2.45) is 23.7 Å². The first-order valence-corrected chi connectivity index (χ1v) is 19.9. The lowest BCUT2D eigenvalue weighted by molar-refractivity contribution is -0.139. The van der Waals surface area contributed by atoms with Gasteiger partial charge in [0.25, 0.3) is 0 Å². The van der Waals surface area contributed by atoms with Crippen LogP contribution in [0.15, 0.2) is 90.7 Å². The molecule has 3 aliphatic carbocycles. The van der Waals surface area contributed by atoms with Crippen LogP contribution in [0.2, 0.25) is 0 Å². The monoisotopic (exact) mass is 815 g/mol. The molecule has 0 spiro atoms. The highest BCUT2D eigenvalue weighted by molar-refractivity contribution is 6.04. The minimum atomic E-state index is -0.763. The molecule has 16 heteroatoms. The van der Waals surface area contributed by atoms with Gasteiger partial charge in [0.1, 0.15) is 29.1 Å². The van der Waals surface area contributed by atoms with Crippen molar-refractivity contribution in [3.8, 4) is 22.5 Å². The van der Waals surface area contributed by atoms with Crippen molar-refractivity contribution < 1.29 is 24.3 Å². The molecule has 9 rings (SSSR count). The number of fused-ring (bicyclic) bond motifs is 3. The van der Waals surface area contributed by atoms with Crippen LogP contribution in [0.3, 0.4) is 0 Å². The summed E-state index contributed by atoms with van der Waals surface area (Å²) in [6, 6.07) is 11.1. The maximum Gasteiger partial charge on any atom is 0.307 e. The standard InChI is InChI=1S/C45H41N11O5/c1-21-4-6-48-18-30(21)33-14-26-17-36(55-38(58)13-24-10-28-29(11-24)40(28)45(60)61)51-20-32(26)42(53-33)56-43-39(22(2)5-7-49-43)34-15-25-16-35(50-19-31(25)41(46)52-34)54-37(57)12-23-8-27(9-23)44(59)47-3/h4-7,12-20,27-29,40H,8-11H2,1-3H3,(H2,46,52)(H,47,59)(H,60,61)(H,49,53,56)(H,50,54,57)(H,51,55,58). The van der Waals surface area contributed by atoms with Gasteiger partial charge in [-0.2, -0.15) is 0 Å². The van der Waals surface area contributed by atoms with Crippen LogP contribution in [0.25, 0.3) is 44.1 Å². The Hall–Kier alpha value is -7.62. The number of hydrogen-bond donors (Lipinski definition) is 6. The van der Waals surface area contributed by atoms with E-state index in [1.165, 1.54) is 6.08 Å². The summed E-state index contributed by atoms with van der Waals surface area (Å²) in [7, 11) is 1.60. The Bertz CT molecular complexity index is 2890. The lowest BCUT2D eigenvalue weighted by Crippen LogP contribution is -2.33. The molecule has 0 radical (unpaired) electrons. The number of anilines is 5. The predicted octanol–water partition coefficient (Wildman–Crippen LogP) is 6.27. The Morgan fingerprint density at radius 2 is 1.36 bits per heavy atom. The molecular weight excluding hydrogens is 775 g/mol. The third-order valence-electron chi connectivity index (χ3n) is 11.8. The quantitative estimate of drug-likeness (QED) is 0.0838. The van der Waals surface area contributed by atoms with E-state index in [2.05, 4.69) is 36.2 Å². The van der Waals surface area contributed by atoms with Crippen LogP contribution in [0.4, 0.5) is 29.1 Å². The molecule has 306 valence electrons. The number of rotatable bonds is 10. The Balaban J connectivity index is 1.02. The Kier molecular flexibility index (Phi) is 9.89. The number of aliphatic carboxylic acids is 1. The number of aromatic nitrogens is 6. The van der Waals surface area contributed by atoms with Gasteiger partial charge < -0.3 is 32.1 Å². The van der Waals surface area contributed by atoms with E-state index in [4.69, 9.17) is 20.7 Å². The number of allylic oxidation sites excluding steroid dienone is 2. The van der Waals surface area contributed by atoms with Gasteiger partial charge in [0, 0.05) is 78.0 Å². The number of nitrogens with one attached hydrogen (secondary N) is 4. The summed E-state index contributed by atoms with van der Waals surface area (Å²) in [5.74, 6) is 0.162. The normalized spacial score (nSPS) is 18.8. The van der Waals surface area contributed by atoms with Gasteiger partial charge in [-0.1, -0.05) is 11.1 Å². The highest BCUT2D eigenvalue weighted by Crippen LogP contribution is 2.59. The van der Waals surface area contributed by atoms with Crippen LogP contribution in [-0.2, 0) is 19.2 Å². The summed E-state index contributed by atoms with van der Waals surface area (Å²) >= 11 is 0. The van der Waals surface area contributed by atoms with E-state index in [-0.39, 0.29) is 47.2 Å². The van der Waals surface area contributed by atoms with Crippen molar-refractivity contribution in [3.63, 3.8) is 0 Å². The molecule has 16 nitrogen and oxygen atoms in total. The molecule has 6 aromatic heterocycles. The van der Waals surface area contributed by atoms with Crippen LogP contribution >= 0.6 is 0 Å². The number of carboxylic acids is 1. The molecule has 61 heavy (non-hydrogen) atoms. The van der Waals surface area contributed by atoms with Gasteiger partial charge in [-0.3, -0.25) is 24.2 Å². The average Bonchev–Trinajstić information content (AvgIpc) is 3.74. The second-order valence-corrected chi connectivity index (χ2v) is 15.9. The lowest BCUT2D eigenvalue weighted by atomic mass is 9.79. The Morgan fingerprint density at radius 3 is 2.02 bits per heavy atom. The summed E-state index contributed by atoms with van der Waals surface area (Å²) < 4.78 is 0. The molecule has 6 aromatic rings. The number of amides is 3. The first kappa shape index (κ1) is 38.9. The second kappa shape index (κ2) is 15.5. The van der Waals surface area contributed by atoms with Gasteiger partial charge in [-0.15, -0.1) is 0 Å². The number of nitrogens with two attached hydrogens (primary N) is 1. The highest BCUT2D eigenvalue weighted by Gasteiger charge is 2.58. The van der Waals surface area contributed by atoms with Gasteiger partial charge in [-0.05, 0) is 110 Å². The van der Waals surface area contributed by atoms with Gasteiger partial charge in [-0.25, -0.2) is 24.9 Å². The van der Waals surface area contributed by atoms with Crippen LogP contribution in [-0.4, -0.2) is 65.7 Å². The molecule has 6 heterocycles. The molecule has 0 aliphatic heterocycles. The van der Waals surface area contributed by atoms with E-state index < -0.39 is 5.97 Å². The van der Waals surface area contributed by atoms with Gasteiger partial charge in [0.15, 0.2) is 0 Å². The van der Waals surface area contributed by atoms with Crippen LogP contribution in [0.5, 0.6) is 0 Å². The van der Waals surface area contributed by atoms with Crippen molar-refractivity contribution in [1.82, 2.24) is 35.2 Å². The van der Waals surface area contributed by atoms with Gasteiger partial charge in [0.05, 0.1) is 17.3 Å². The summed E-state index contributed by atoms with van der Waals surface area (Å²) in [4.78, 5) is 77.1. The van der Waals surface area contributed by atoms with Crippen LogP contribution in [0, 0.1) is 37.5 Å². The lowest BCUT2D eigenvalue weighted by Gasteiger charge is -2.27. The van der Waals surface area contributed by atoms with E-state index in [9.17, 15) is 24.3 Å². The van der Waals surface area contributed by atoms with Crippen molar-refractivity contribution in [2.45, 2.75) is 39.5 Å². The molecule has 2 unspecified atom stereocenters. The summed E-state index contributed by atoms with van der Waals surface area (Å²) in [5, 5.41) is 23.9. The highest BCUT2D eigenvalue weighted by atomic mass is 16.4. The minimum absolute atomic E-state index is 0.0325. The molecule has 3 saturated carbocycles. The molecule has 0 saturated heterocycles. The van der Waals surface area contributed by atoms with Crippen LogP contribution in [0.1, 0.15) is 36.8 Å². The zero-order valence-electron chi connectivity index (χ0n) is 33.5. The fourth-order valence-electron chi connectivity index (χ4n) is 8.59. The Labute approximate surface area is 349 Å². The van der Waals surface area contributed by atoms with E-state index >= 15 is 0 Å². The predicted molar refractivity (Wildman–Crippen MR) is 230 cm³/mol. The molecule has 7 N–H and O–H groups in total. The molecule has 2 atom stereocenters. The number of carboxylic acid groups (broad SMARTS) is 1. The first-order valence-electron chi connectivity index (χ1n) is 19.9. The molecule has 0 bridgehead atoms. The summed E-state index contributed by atoms with van der Waals surface area (Å²) in [5.41, 5.74) is 12.8. The number of carbonyl (C=O) groups is 4. The summed E-state index contributed by atoms with van der Waals surface area (Å²) in [6.07, 6.45) is 13.7. The number of nitrogens with zero attached hydrogens (tertiary/aromatic N) is 6. The number of nitrogen functional groups attached to an aromatic ring is 1. The van der Waals surface area contributed by atoms with Crippen molar-refractivity contribution in [1.29, 1.82) is 0 Å². The maximum atomic E-state index is 13.1. The fourth-order valence-corrected chi connectivity index (χ4v) is 8.59. The number of pyridine rings is 6. The zero-order chi connectivity index (χ0) is 42.5. The molecule has 3 amide bonds. The number of carbonyl (C=O) groups excluding carboxylic acids is 3. The van der Waals surface area contributed by atoms with E-state index in [1.807, 2.05) is 38.1 Å². The fraction of sp³-hybridized carbons (Fsp3) is 0.244. The third kappa shape index (κ3) is 7.70. The summed E-state index contributed by atoms with van der Waals surface area (Å²) in [6.45, 7) is 3.92. The SMILES string of the molecule is CNC(=O)C1CC(=CC(=O)Nc2cc3cc(-c4c(C)ccnc4Nc4nc(-c5cnccc5C)cc5cc(NC(=O)C=C6CC7C(C6)C7C(=O)O)ncc45)nc(N)c3cn2)C1. The topological polar surface area (TPSA) is 240 Å². The zero-order valence-corrected chi connectivity index (χ0v) is 33.5. The molecule has 3 fully saturated rings. The molecule has 3 aliphatic rings. The number of hydrogen-bond acceptors (Lipinski definition) is 12. The average molecular weight is 816 g/mol. The maximum absolute atomic E-state index is 13.1. The van der Waals surface area contributed by atoms with Gasteiger partial charge in [0.2, 0.25) is 17.7 Å². The van der Waals surface area contributed by atoms with E-state index in [1.54, 1.807) is 56.2 Å². The third-order valence-corrected chi connectivity index (χ3v) is 11.8. The van der Waals surface area contributed by atoms with E-state index in [0.717, 1.165) is 33.2 Å². The smallest absolute Gasteiger partial charge is 0.307 e. The van der Waals surface area contributed by atoms with Crippen molar-refractivity contribution >= 4 is 74.3 Å². The molecule has 0 aromatic carbocycles. The van der Waals surface area contributed by atoms with Crippen LogP contribution < -0.4 is 27.0 Å². The minimum Gasteiger partial charge on any atom is -0.481 e. The molecular formula is C45H41N11O5. The Morgan fingerprint density at radius 1 is 0.738 bits per heavy atom. The van der Waals surface area contributed by atoms with Crippen molar-refractivity contribution in [3.05, 3.63) is 102 Å². The van der Waals surface area contributed by atoms with Gasteiger partial charge >= 0.3 is 5.97 Å². The van der Waals surface area contributed by atoms with E-state index in [0.29, 0.717) is 82.1 Å². The first-order chi connectivity index (χ1) is 29.4. The largest absolute Gasteiger partial charge is 0.481 e.